The van der Waals surface area contributed by atoms with Crippen molar-refractivity contribution in [2.24, 2.45) is 5.92 Å². The highest BCUT2D eigenvalue weighted by Gasteiger charge is 1.95. The first-order chi connectivity index (χ1) is 6.11. The maximum atomic E-state index is 3.01. The molecule has 0 aromatic rings. The molecule has 0 unspecified atom stereocenters. The molecule has 0 aliphatic rings. The van der Waals surface area contributed by atoms with Crippen LogP contribution >= 0.6 is 0 Å². The first kappa shape index (κ1) is 12.0. The van der Waals surface area contributed by atoms with Crippen LogP contribution in [-0.2, 0) is 0 Å². The quantitative estimate of drug-likeness (QED) is 0.653. The number of allylic oxidation sites excluding steroid dienone is 5. The SMILES string of the molecule is C\C=C(/C=C\C(C)=C\NC)C(C)C. The van der Waals surface area contributed by atoms with E-state index < -0.39 is 0 Å². The lowest BCUT2D eigenvalue weighted by Crippen LogP contribution is -1.93. The lowest BCUT2D eigenvalue weighted by Gasteiger charge is -2.04. The van der Waals surface area contributed by atoms with E-state index >= 15 is 0 Å². The molecule has 0 rings (SSSR count). The van der Waals surface area contributed by atoms with Gasteiger partial charge in [-0.05, 0) is 37.1 Å². The van der Waals surface area contributed by atoms with Crippen molar-refractivity contribution in [2.45, 2.75) is 27.7 Å². The topological polar surface area (TPSA) is 12.0 Å². The van der Waals surface area contributed by atoms with Crippen molar-refractivity contribution in [2.75, 3.05) is 7.05 Å². The summed E-state index contributed by atoms with van der Waals surface area (Å²) in [4.78, 5) is 0. The van der Waals surface area contributed by atoms with Gasteiger partial charge in [0, 0.05) is 7.05 Å². The fourth-order valence-electron chi connectivity index (χ4n) is 1.13. The molecule has 1 nitrogen and oxygen atoms in total. The standard InChI is InChI=1S/C12H21N/c1-6-12(10(2)3)8-7-11(4)9-13-5/h6-10,13H,1-5H3/b8-7-,11-9+,12-6+. The lowest BCUT2D eigenvalue weighted by atomic mass is 10.0. The van der Waals surface area contributed by atoms with Crippen molar-refractivity contribution < 1.29 is 0 Å². The van der Waals surface area contributed by atoms with Crippen LogP contribution in [0.5, 0.6) is 0 Å². The van der Waals surface area contributed by atoms with Gasteiger partial charge in [0.25, 0.3) is 0 Å². The maximum Gasteiger partial charge on any atom is 0.00277 e. The third-order valence-corrected chi connectivity index (χ3v) is 1.91. The summed E-state index contributed by atoms with van der Waals surface area (Å²) in [6, 6.07) is 0. The predicted octanol–water partition coefficient (Wildman–Crippen LogP) is 3.27. The zero-order valence-corrected chi connectivity index (χ0v) is 9.39. The Bertz CT molecular complexity index is 219. The Morgan fingerprint density at radius 2 is 1.85 bits per heavy atom. The Labute approximate surface area is 82.2 Å². The van der Waals surface area contributed by atoms with E-state index in [1.807, 2.05) is 13.2 Å². The summed E-state index contributed by atoms with van der Waals surface area (Å²) in [5.74, 6) is 0.601. The molecule has 0 aliphatic heterocycles. The zero-order valence-electron chi connectivity index (χ0n) is 9.39. The average molecular weight is 179 g/mol. The number of rotatable bonds is 4. The van der Waals surface area contributed by atoms with Gasteiger partial charge in [-0.2, -0.15) is 0 Å². The third-order valence-electron chi connectivity index (χ3n) is 1.91. The molecule has 0 radical (unpaired) electrons. The Kier molecular flexibility index (Phi) is 6.03. The Balaban J connectivity index is 4.33. The summed E-state index contributed by atoms with van der Waals surface area (Å²) >= 11 is 0. The Morgan fingerprint density at radius 1 is 1.23 bits per heavy atom. The first-order valence-electron chi connectivity index (χ1n) is 4.80. The molecule has 0 saturated heterocycles. The average Bonchev–Trinajstić information content (AvgIpc) is 2.05. The van der Waals surface area contributed by atoms with Crippen LogP contribution in [0, 0.1) is 5.92 Å². The van der Waals surface area contributed by atoms with E-state index in [-0.39, 0.29) is 0 Å². The molecule has 0 atom stereocenters. The smallest absolute Gasteiger partial charge is 0.00277 e. The van der Waals surface area contributed by atoms with E-state index in [9.17, 15) is 0 Å². The third kappa shape index (κ3) is 5.29. The van der Waals surface area contributed by atoms with Gasteiger partial charge >= 0.3 is 0 Å². The molecule has 0 amide bonds. The Hall–Kier alpha value is -0.980. The second kappa shape index (κ2) is 6.53. The molecule has 0 spiro atoms. The second-order valence-corrected chi connectivity index (χ2v) is 3.45. The number of hydrogen-bond donors (Lipinski definition) is 1. The van der Waals surface area contributed by atoms with Gasteiger partial charge in [0.15, 0.2) is 0 Å². The van der Waals surface area contributed by atoms with Crippen LogP contribution in [0.1, 0.15) is 27.7 Å². The van der Waals surface area contributed by atoms with Crippen LogP contribution in [0.15, 0.2) is 35.6 Å². The maximum absolute atomic E-state index is 3.01. The minimum atomic E-state index is 0.601. The van der Waals surface area contributed by atoms with Gasteiger partial charge in [0.05, 0.1) is 0 Å². The largest absolute Gasteiger partial charge is 0.394 e. The normalized spacial score (nSPS) is 14.3. The molecule has 0 aromatic heterocycles. The number of nitrogens with one attached hydrogen (secondary N) is 1. The summed E-state index contributed by atoms with van der Waals surface area (Å²) in [6.07, 6.45) is 8.46. The van der Waals surface area contributed by atoms with Crippen LogP contribution in [-0.4, -0.2) is 7.05 Å². The molecule has 1 heteroatoms. The fraction of sp³-hybridized carbons (Fsp3) is 0.500. The van der Waals surface area contributed by atoms with Gasteiger partial charge < -0.3 is 5.32 Å². The summed E-state index contributed by atoms with van der Waals surface area (Å²) in [5.41, 5.74) is 2.62. The van der Waals surface area contributed by atoms with Gasteiger partial charge in [-0.25, -0.2) is 0 Å². The van der Waals surface area contributed by atoms with Crippen LogP contribution in [0.4, 0.5) is 0 Å². The van der Waals surface area contributed by atoms with E-state index in [0.717, 1.165) is 0 Å². The van der Waals surface area contributed by atoms with Crippen molar-refractivity contribution in [1.29, 1.82) is 0 Å². The van der Waals surface area contributed by atoms with Crippen LogP contribution in [0.2, 0.25) is 0 Å². The van der Waals surface area contributed by atoms with Gasteiger partial charge in [0.1, 0.15) is 0 Å². The van der Waals surface area contributed by atoms with Crippen molar-refractivity contribution in [3.8, 4) is 0 Å². The second-order valence-electron chi connectivity index (χ2n) is 3.45. The van der Waals surface area contributed by atoms with Crippen molar-refractivity contribution in [3.05, 3.63) is 35.6 Å². The van der Waals surface area contributed by atoms with Crippen molar-refractivity contribution in [1.82, 2.24) is 5.32 Å². The van der Waals surface area contributed by atoms with Gasteiger partial charge in [-0.15, -0.1) is 0 Å². The monoisotopic (exact) mass is 179 g/mol. The van der Waals surface area contributed by atoms with Gasteiger partial charge in [0.2, 0.25) is 0 Å². The molecule has 74 valence electrons. The molecule has 0 aromatic carbocycles. The summed E-state index contributed by atoms with van der Waals surface area (Å²) in [7, 11) is 1.91. The Morgan fingerprint density at radius 3 is 2.23 bits per heavy atom. The zero-order chi connectivity index (χ0) is 10.3. The van der Waals surface area contributed by atoms with E-state index in [4.69, 9.17) is 0 Å². The molecule has 0 aliphatic carbocycles. The molecule has 0 fully saturated rings. The minimum absolute atomic E-state index is 0.601. The highest BCUT2D eigenvalue weighted by atomic mass is 14.8. The summed E-state index contributed by atoms with van der Waals surface area (Å²) < 4.78 is 0. The van der Waals surface area contributed by atoms with E-state index in [0.29, 0.717) is 5.92 Å². The molecule has 13 heavy (non-hydrogen) atoms. The summed E-state index contributed by atoms with van der Waals surface area (Å²) in [6.45, 7) is 8.57. The molecule has 0 heterocycles. The first-order valence-corrected chi connectivity index (χ1v) is 4.80. The van der Waals surface area contributed by atoms with Crippen LogP contribution in [0.25, 0.3) is 0 Å². The van der Waals surface area contributed by atoms with E-state index in [1.165, 1.54) is 11.1 Å². The van der Waals surface area contributed by atoms with Gasteiger partial charge in [-0.3, -0.25) is 0 Å². The van der Waals surface area contributed by atoms with Crippen molar-refractivity contribution in [3.63, 3.8) is 0 Å². The summed E-state index contributed by atoms with van der Waals surface area (Å²) in [5, 5.41) is 3.01. The molecule has 0 saturated carbocycles. The molecular formula is C12H21N. The predicted molar refractivity (Wildman–Crippen MR) is 60.6 cm³/mol. The molecule has 1 N–H and O–H groups in total. The van der Waals surface area contributed by atoms with E-state index in [2.05, 4.69) is 51.2 Å². The van der Waals surface area contributed by atoms with Gasteiger partial charge in [-0.1, -0.05) is 32.1 Å². The fourth-order valence-corrected chi connectivity index (χ4v) is 1.13. The van der Waals surface area contributed by atoms with E-state index in [1.54, 1.807) is 0 Å². The highest BCUT2D eigenvalue weighted by molar-refractivity contribution is 5.27. The number of hydrogen-bond acceptors (Lipinski definition) is 1. The van der Waals surface area contributed by atoms with Crippen molar-refractivity contribution >= 4 is 0 Å². The minimum Gasteiger partial charge on any atom is -0.394 e. The van der Waals surface area contributed by atoms with Crippen LogP contribution in [0.3, 0.4) is 0 Å². The van der Waals surface area contributed by atoms with Crippen LogP contribution < -0.4 is 5.32 Å². The lowest BCUT2D eigenvalue weighted by molar-refractivity contribution is 0.789. The molecular weight excluding hydrogens is 158 g/mol. The highest BCUT2D eigenvalue weighted by Crippen LogP contribution is 2.11. The molecule has 0 bridgehead atoms.